The molecule has 3 saturated carbocycles. The van der Waals surface area contributed by atoms with Crippen LogP contribution in [0.4, 0.5) is 0 Å². The number of rotatable bonds is 7. The van der Waals surface area contributed by atoms with Crippen molar-refractivity contribution in [2.45, 2.75) is 133 Å². The molecule has 5 saturated heterocycles. The van der Waals surface area contributed by atoms with Crippen LogP contribution in [0.5, 0.6) is 0 Å². The van der Waals surface area contributed by atoms with Crippen LogP contribution in [-0.2, 0) is 39.8 Å². The molecular weight excluding hydrogens is 744 g/mol. The highest BCUT2D eigenvalue weighted by molar-refractivity contribution is 5.98. The van der Waals surface area contributed by atoms with Crippen molar-refractivity contribution in [3.63, 3.8) is 0 Å². The predicted octanol–water partition coefficient (Wildman–Crippen LogP) is 3.20. The minimum Gasteiger partial charge on any atom is -0.469 e. The minimum atomic E-state index is -1.49. The van der Waals surface area contributed by atoms with Crippen LogP contribution >= 0.6 is 0 Å². The maximum Gasteiger partial charge on any atom is 0.339 e. The van der Waals surface area contributed by atoms with Crippen LogP contribution in [0.3, 0.4) is 0 Å². The van der Waals surface area contributed by atoms with Gasteiger partial charge in [-0.1, -0.05) is 44.1 Å². The van der Waals surface area contributed by atoms with E-state index in [0.717, 1.165) is 38.9 Å². The van der Waals surface area contributed by atoms with Gasteiger partial charge in [-0.2, -0.15) is 0 Å². The number of allylic oxidation sites excluding steroid dienone is 2. The molecule has 15 atom stereocenters. The molecule has 0 unspecified atom stereocenters. The third-order valence-corrected chi connectivity index (χ3v) is 18.3. The van der Waals surface area contributed by atoms with Crippen molar-refractivity contribution in [3.8, 4) is 0 Å². The van der Waals surface area contributed by atoms with Gasteiger partial charge in [0.05, 0.1) is 46.9 Å². The summed E-state index contributed by atoms with van der Waals surface area (Å²) in [5, 5.41) is 41.3. The van der Waals surface area contributed by atoms with Gasteiger partial charge in [0.2, 0.25) is 0 Å². The van der Waals surface area contributed by atoms with Crippen LogP contribution in [0.15, 0.2) is 41.1 Å². The molecule has 0 radical (unpaired) electrons. The number of esters is 2. The summed E-state index contributed by atoms with van der Waals surface area (Å²) in [7, 11) is 0. The zero-order chi connectivity index (χ0) is 40.3. The summed E-state index contributed by atoms with van der Waals surface area (Å²) in [6, 6.07) is 2.19. The monoisotopic (exact) mass is 802 g/mol. The predicted molar refractivity (Wildman–Crippen MR) is 204 cm³/mol. The number of ether oxygens (including phenoxy) is 4. The number of hydrogen-bond donors (Lipinski definition) is 5. The number of epoxide rings is 1. The van der Waals surface area contributed by atoms with E-state index in [1.165, 1.54) is 0 Å². The van der Waals surface area contributed by atoms with Crippen molar-refractivity contribution in [2.75, 3.05) is 26.4 Å². The van der Waals surface area contributed by atoms with Crippen molar-refractivity contribution in [1.29, 1.82) is 0 Å². The summed E-state index contributed by atoms with van der Waals surface area (Å²) < 4.78 is 32.9. The molecule has 0 amide bonds. The number of hydrogen-bond acceptors (Lipinski definition) is 13. The van der Waals surface area contributed by atoms with Crippen LogP contribution in [-0.4, -0.2) is 101 Å². The largest absolute Gasteiger partial charge is 0.469 e. The van der Waals surface area contributed by atoms with Crippen molar-refractivity contribution in [3.05, 3.63) is 48.0 Å². The molecule has 5 N–H and O–H groups in total. The summed E-state index contributed by atoms with van der Waals surface area (Å²) in [6.07, 6.45) is 11.5. The molecular formula is C45H58N2O11. The molecule has 6 aliphatic carbocycles. The van der Waals surface area contributed by atoms with Crippen LogP contribution in [0.1, 0.15) is 96.0 Å². The Morgan fingerprint density at radius 3 is 2.52 bits per heavy atom. The first-order chi connectivity index (χ1) is 27.8. The molecule has 8 fully saturated rings. The van der Waals surface area contributed by atoms with Gasteiger partial charge in [-0.05, 0) is 82.6 Å². The van der Waals surface area contributed by atoms with E-state index < -0.39 is 87.3 Å². The SMILES string of the molecule is CC1(C)O[C@H]2C3(CCCC3)C(=O)OC[C@]23[C@H]2CC[C@@]4(C)[C@H](c5ccoc5C[C@H]([C@H](O)CO)[C@H]5C=C[C@@H]([C@@H]6CNCN6)CC5)OC(=O)[C@H]5O[C@]54[C@@]24CC=C[C@@]13C(=O)[C@H]4O. The van der Waals surface area contributed by atoms with E-state index in [9.17, 15) is 24.9 Å². The smallest absolute Gasteiger partial charge is 0.339 e. The molecule has 6 heterocycles. The van der Waals surface area contributed by atoms with Gasteiger partial charge in [-0.15, -0.1) is 0 Å². The molecule has 12 rings (SSSR count). The number of fused-ring (bicyclic) bond motifs is 3. The van der Waals surface area contributed by atoms with Gasteiger partial charge in [0.1, 0.15) is 30.2 Å². The Morgan fingerprint density at radius 2 is 1.79 bits per heavy atom. The number of aliphatic hydroxyl groups is 3. The van der Waals surface area contributed by atoms with Gasteiger partial charge < -0.3 is 44.0 Å². The lowest BCUT2D eigenvalue weighted by molar-refractivity contribution is -0.273. The number of ketones is 1. The first kappa shape index (κ1) is 38.0. The van der Waals surface area contributed by atoms with Crippen molar-refractivity contribution in [1.82, 2.24) is 10.6 Å². The number of carbonyl (C=O) groups is 3. The zero-order valence-corrected chi connectivity index (χ0v) is 33.7. The topological polar surface area (TPSA) is 189 Å². The molecule has 1 aromatic rings. The fraction of sp³-hybridized carbons (Fsp3) is 0.756. The first-order valence-corrected chi connectivity index (χ1v) is 21.9. The fourth-order valence-corrected chi connectivity index (χ4v) is 15.8. The summed E-state index contributed by atoms with van der Waals surface area (Å²) >= 11 is 0. The highest BCUT2D eigenvalue weighted by atomic mass is 16.7. The maximum atomic E-state index is 15.5. The third kappa shape index (κ3) is 4.20. The number of aliphatic hydroxyl groups excluding tert-OH is 3. The van der Waals surface area contributed by atoms with E-state index in [1.54, 1.807) is 6.26 Å². The molecule has 2 bridgehead atoms. The molecule has 0 aromatic carbocycles. The standard InChI is InChI=1S/C45H58N2O11/c1-39(2)44-16-6-15-42(32(50)33(44)51)31(43(44)22-55-38(53)41(37(43)58-39)13-4-5-14-41)11-17-40(3)34(56-36(52)35-45(40,42)57-35)26-12-18-54-30(26)19-27(29(49)21-48)24-7-9-25(10-8-24)28-20-46-23-47-28/h6-7,9,12,16,18,24-25,27-29,31-32,34-35,37,46-50H,4-5,8,10-11,13-15,17,19-23H2,1-3H3/t24-,25+,27-,28-,29+,31-,32+,34-,35+,37-,40-,42-,43-,44+,45+/m0/s1. The molecule has 314 valence electrons. The molecule has 1 aromatic heterocycles. The average molecular weight is 803 g/mol. The molecule has 11 aliphatic rings. The van der Waals surface area contributed by atoms with Crippen LogP contribution in [0, 0.1) is 50.7 Å². The minimum absolute atomic E-state index is 0.00685. The lowest BCUT2D eigenvalue weighted by atomic mass is 9.32. The molecule has 5 aliphatic heterocycles. The second-order valence-electron chi connectivity index (χ2n) is 20.4. The highest BCUT2D eigenvalue weighted by Gasteiger charge is 2.95. The summed E-state index contributed by atoms with van der Waals surface area (Å²) in [5.74, 6) is -0.981. The number of nitrogens with one attached hydrogen (secondary N) is 2. The van der Waals surface area contributed by atoms with Gasteiger partial charge in [-0.3, -0.25) is 14.9 Å². The first-order valence-electron chi connectivity index (χ1n) is 21.9. The third-order valence-electron chi connectivity index (χ3n) is 18.3. The zero-order valence-electron chi connectivity index (χ0n) is 33.7. The van der Waals surface area contributed by atoms with E-state index in [2.05, 4.69) is 29.7 Å². The second-order valence-corrected chi connectivity index (χ2v) is 20.4. The Bertz CT molecular complexity index is 1980. The quantitative estimate of drug-likeness (QED) is 0.154. The van der Waals surface area contributed by atoms with E-state index in [4.69, 9.17) is 23.4 Å². The van der Waals surface area contributed by atoms with Gasteiger partial charge in [0.25, 0.3) is 0 Å². The van der Waals surface area contributed by atoms with Gasteiger partial charge in [0.15, 0.2) is 11.9 Å². The number of furan rings is 1. The van der Waals surface area contributed by atoms with Crippen molar-refractivity contribution < 1.29 is 53.1 Å². The highest BCUT2D eigenvalue weighted by Crippen LogP contribution is 2.85. The van der Waals surface area contributed by atoms with Gasteiger partial charge in [0, 0.05) is 48.0 Å². The van der Waals surface area contributed by atoms with Crippen molar-refractivity contribution >= 4 is 17.7 Å². The summed E-state index contributed by atoms with van der Waals surface area (Å²) in [5.41, 5.74) is -7.01. The number of cyclic esters (lactones) is 2. The Balaban J connectivity index is 0.994. The molecule has 13 heteroatoms. The van der Waals surface area contributed by atoms with E-state index >= 15 is 4.79 Å². The van der Waals surface area contributed by atoms with E-state index in [0.29, 0.717) is 61.8 Å². The maximum absolute atomic E-state index is 15.5. The second kappa shape index (κ2) is 12.4. The Labute approximate surface area is 338 Å². The Hall–Kier alpha value is -2.91. The Morgan fingerprint density at radius 1 is 0.983 bits per heavy atom. The van der Waals surface area contributed by atoms with Crippen LogP contribution < -0.4 is 10.6 Å². The van der Waals surface area contributed by atoms with E-state index in [1.807, 2.05) is 32.1 Å². The molecule has 5 spiro atoms. The van der Waals surface area contributed by atoms with Crippen LogP contribution in [0.2, 0.25) is 0 Å². The lowest BCUT2D eigenvalue weighted by Crippen LogP contribution is -2.80. The summed E-state index contributed by atoms with van der Waals surface area (Å²) in [6.45, 7) is 7.22. The van der Waals surface area contributed by atoms with Gasteiger partial charge in [-0.25, -0.2) is 4.79 Å². The number of Topliss-reactive ketones (excluding diaryl/α,β-unsaturated/α-hetero) is 1. The van der Waals surface area contributed by atoms with Gasteiger partial charge >= 0.3 is 11.9 Å². The lowest BCUT2D eigenvalue weighted by Gasteiger charge is -2.69. The molecule has 58 heavy (non-hydrogen) atoms. The van der Waals surface area contributed by atoms with Crippen molar-refractivity contribution in [2.24, 2.45) is 50.7 Å². The van der Waals surface area contributed by atoms with E-state index in [-0.39, 0.29) is 30.2 Å². The number of carbonyl (C=O) groups excluding carboxylic acids is 3. The van der Waals surface area contributed by atoms with Crippen LogP contribution in [0.25, 0.3) is 0 Å². The normalized spacial score (nSPS) is 48.6. The average Bonchev–Trinajstić information content (AvgIpc) is 3.61. The Kier molecular flexibility index (Phi) is 8.10. The fourth-order valence-electron chi connectivity index (χ4n) is 15.8. The molecule has 13 nitrogen and oxygen atoms in total. The summed E-state index contributed by atoms with van der Waals surface area (Å²) in [4.78, 5) is 43.8.